The van der Waals surface area contributed by atoms with Gasteiger partial charge in [-0.3, -0.25) is 4.98 Å². The van der Waals surface area contributed by atoms with E-state index in [1.165, 1.54) is 24.5 Å². The summed E-state index contributed by atoms with van der Waals surface area (Å²) < 4.78 is 66.9. The summed E-state index contributed by atoms with van der Waals surface area (Å²) in [4.78, 5) is 14.3. The third-order valence-corrected chi connectivity index (χ3v) is 6.31. The molecule has 0 saturated heterocycles. The molecule has 0 unspecified atom stereocenters. The molecule has 1 aromatic heterocycles. The number of aromatic nitrogens is 1. The molecule has 5 nitrogen and oxygen atoms in total. The quantitative estimate of drug-likeness (QED) is 0.398. The Bertz CT molecular complexity index is 1190. The number of aliphatic hydroxyl groups is 1. The molecule has 2 amide bonds. The first kappa shape index (κ1) is 22.0. The Morgan fingerprint density at radius 1 is 1.00 bits per heavy atom. The van der Waals surface area contributed by atoms with E-state index in [-0.39, 0.29) is 17.7 Å². The van der Waals surface area contributed by atoms with Gasteiger partial charge in [0.1, 0.15) is 4.90 Å². The van der Waals surface area contributed by atoms with Crippen molar-refractivity contribution in [2.24, 2.45) is 0 Å². The maximum Gasteiger partial charge on any atom is 0.319 e. The van der Waals surface area contributed by atoms with E-state index in [2.05, 4.69) is 15.6 Å². The topological polar surface area (TPSA) is 74.2 Å². The zero-order valence-electron chi connectivity index (χ0n) is 16.3. The highest BCUT2D eigenvalue weighted by Crippen LogP contribution is 3.02. The van der Waals surface area contributed by atoms with Crippen LogP contribution in [0.15, 0.2) is 71.9 Å². The molecule has 4 rings (SSSR count). The summed E-state index contributed by atoms with van der Waals surface area (Å²) in [5, 5.41) is 15.0. The number of benzene rings is 2. The molecule has 3 N–H and O–H groups in total. The van der Waals surface area contributed by atoms with E-state index in [1.807, 2.05) is 0 Å². The molecular weight excluding hydrogens is 453 g/mol. The molecular formula is C21H18F5N3O2S. The molecule has 2 atom stereocenters. The predicted octanol–water partition coefficient (Wildman–Crippen LogP) is 6.19. The normalized spacial score (nSPS) is 20.1. The van der Waals surface area contributed by atoms with Crippen LogP contribution in [0.2, 0.25) is 0 Å². The SMILES string of the molecule is O=C(Nc1cc(S(F)(F)(F)(F)F)ccc1-c1ccncc1)N[C@@H]1c2ccccc2C[C@@H]1O. The minimum atomic E-state index is -9.98. The maximum absolute atomic E-state index is 13.4. The highest BCUT2D eigenvalue weighted by Gasteiger charge is 2.65. The van der Waals surface area contributed by atoms with Crippen LogP contribution in [0.25, 0.3) is 11.1 Å². The van der Waals surface area contributed by atoms with Crippen molar-refractivity contribution in [3.05, 3.63) is 78.1 Å². The van der Waals surface area contributed by atoms with Crippen LogP contribution in [-0.4, -0.2) is 22.2 Å². The Kier molecular flexibility index (Phi) is 4.76. The van der Waals surface area contributed by atoms with Gasteiger partial charge in [0.05, 0.1) is 17.8 Å². The van der Waals surface area contributed by atoms with E-state index < -0.39 is 39.0 Å². The third-order valence-electron chi connectivity index (χ3n) is 5.17. The number of pyridine rings is 1. The first-order valence-corrected chi connectivity index (χ1v) is 11.4. The number of urea groups is 1. The van der Waals surface area contributed by atoms with Crippen molar-refractivity contribution in [1.82, 2.24) is 10.3 Å². The second-order valence-electron chi connectivity index (χ2n) is 7.46. The number of carbonyl (C=O) groups excluding carboxylic acids is 1. The van der Waals surface area contributed by atoms with Crippen LogP contribution >= 0.6 is 10.2 Å². The predicted molar refractivity (Wildman–Crippen MR) is 112 cm³/mol. The summed E-state index contributed by atoms with van der Waals surface area (Å²) in [6.45, 7) is 0. The molecule has 1 aliphatic carbocycles. The van der Waals surface area contributed by atoms with Crippen molar-refractivity contribution in [2.75, 3.05) is 5.32 Å². The molecule has 2 aromatic carbocycles. The molecule has 11 heteroatoms. The van der Waals surface area contributed by atoms with Crippen molar-refractivity contribution in [3.8, 4) is 11.1 Å². The van der Waals surface area contributed by atoms with Gasteiger partial charge in [-0.15, -0.1) is 0 Å². The average molecular weight is 471 g/mol. The van der Waals surface area contributed by atoms with Crippen molar-refractivity contribution in [1.29, 1.82) is 0 Å². The van der Waals surface area contributed by atoms with E-state index >= 15 is 0 Å². The second-order valence-corrected chi connectivity index (χ2v) is 9.87. The van der Waals surface area contributed by atoms with Gasteiger partial charge in [-0.05, 0) is 41.0 Å². The Morgan fingerprint density at radius 2 is 1.69 bits per heavy atom. The first-order chi connectivity index (χ1) is 14.8. The monoisotopic (exact) mass is 471 g/mol. The van der Waals surface area contributed by atoms with Gasteiger partial charge in [-0.1, -0.05) is 49.8 Å². The fourth-order valence-corrected chi connectivity index (χ4v) is 4.36. The number of carbonyl (C=O) groups is 1. The highest BCUT2D eigenvalue weighted by molar-refractivity contribution is 8.45. The molecule has 3 aromatic rings. The molecule has 0 fully saturated rings. The van der Waals surface area contributed by atoms with Crippen LogP contribution in [0, 0.1) is 0 Å². The highest BCUT2D eigenvalue weighted by atomic mass is 32.5. The number of hydrogen-bond acceptors (Lipinski definition) is 3. The average Bonchev–Trinajstić information content (AvgIpc) is 3.02. The van der Waals surface area contributed by atoms with Crippen molar-refractivity contribution in [2.45, 2.75) is 23.5 Å². The minimum Gasteiger partial charge on any atom is -0.390 e. The van der Waals surface area contributed by atoms with Crippen LogP contribution in [0.1, 0.15) is 17.2 Å². The molecule has 0 radical (unpaired) electrons. The number of rotatable bonds is 4. The van der Waals surface area contributed by atoms with Crippen molar-refractivity contribution >= 4 is 21.9 Å². The van der Waals surface area contributed by atoms with Crippen molar-refractivity contribution in [3.63, 3.8) is 0 Å². The first-order valence-electron chi connectivity index (χ1n) is 9.44. The second kappa shape index (κ2) is 6.91. The van der Waals surface area contributed by atoms with Crippen LogP contribution in [0.5, 0.6) is 0 Å². The van der Waals surface area contributed by atoms with Gasteiger partial charge in [0.15, 0.2) is 0 Å². The number of nitrogens with zero attached hydrogens (tertiary/aromatic N) is 1. The Morgan fingerprint density at radius 3 is 2.38 bits per heavy atom. The summed E-state index contributed by atoms with van der Waals surface area (Å²) in [6, 6.07) is 9.58. The fraction of sp³-hybridized carbons (Fsp3) is 0.143. The summed E-state index contributed by atoms with van der Waals surface area (Å²) in [7, 11) is -9.98. The number of fused-ring (bicyclic) bond motifs is 1. The van der Waals surface area contributed by atoms with Gasteiger partial charge in [0.2, 0.25) is 0 Å². The molecule has 32 heavy (non-hydrogen) atoms. The summed E-state index contributed by atoms with van der Waals surface area (Å²) >= 11 is 0. The lowest BCUT2D eigenvalue weighted by molar-refractivity contribution is 0.144. The van der Waals surface area contributed by atoms with E-state index in [4.69, 9.17) is 0 Å². The molecule has 0 aliphatic heterocycles. The maximum atomic E-state index is 13.4. The Balaban J connectivity index is 1.68. The van der Waals surface area contributed by atoms with E-state index in [1.54, 1.807) is 24.3 Å². The molecule has 1 heterocycles. The zero-order valence-corrected chi connectivity index (χ0v) is 17.1. The summed E-state index contributed by atoms with van der Waals surface area (Å²) in [6.07, 6.45) is 2.12. The molecule has 0 saturated carbocycles. The van der Waals surface area contributed by atoms with Crippen molar-refractivity contribution < 1.29 is 29.3 Å². The lowest BCUT2D eigenvalue weighted by Gasteiger charge is -2.40. The van der Waals surface area contributed by atoms with Gasteiger partial charge in [0, 0.05) is 24.4 Å². The number of aliphatic hydroxyl groups excluding tert-OH is 1. The molecule has 0 spiro atoms. The molecule has 170 valence electrons. The van der Waals surface area contributed by atoms with Gasteiger partial charge in [-0.2, -0.15) is 0 Å². The largest absolute Gasteiger partial charge is 0.390 e. The molecule has 0 bridgehead atoms. The number of halogens is 5. The summed E-state index contributed by atoms with van der Waals surface area (Å²) in [5.41, 5.74) is 1.51. The third kappa shape index (κ3) is 4.53. The van der Waals surface area contributed by atoms with E-state index in [0.29, 0.717) is 17.5 Å². The smallest absolute Gasteiger partial charge is 0.319 e. The Labute approximate surface area is 180 Å². The Hall–Kier alpha value is -3.18. The zero-order chi connectivity index (χ0) is 23.2. The fourth-order valence-electron chi connectivity index (χ4n) is 3.70. The van der Waals surface area contributed by atoms with Gasteiger partial charge in [0.25, 0.3) is 0 Å². The van der Waals surface area contributed by atoms with Crippen LogP contribution in [0.3, 0.4) is 0 Å². The number of amides is 2. The van der Waals surface area contributed by atoms with Gasteiger partial charge in [-0.25, -0.2) is 4.79 Å². The van der Waals surface area contributed by atoms with Crippen LogP contribution < -0.4 is 10.6 Å². The van der Waals surface area contributed by atoms with E-state index in [0.717, 1.165) is 11.6 Å². The molecule has 1 aliphatic rings. The lowest BCUT2D eigenvalue weighted by Crippen LogP contribution is -2.37. The lowest BCUT2D eigenvalue weighted by atomic mass is 10.0. The van der Waals surface area contributed by atoms with Crippen LogP contribution in [0.4, 0.5) is 29.9 Å². The van der Waals surface area contributed by atoms with Gasteiger partial charge >= 0.3 is 16.3 Å². The number of anilines is 1. The number of nitrogens with one attached hydrogen (secondary N) is 2. The minimum absolute atomic E-state index is 0.0977. The van der Waals surface area contributed by atoms with E-state index in [9.17, 15) is 29.3 Å². The number of hydrogen-bond donors (Lipinski definition) is 3. The van der Waals surface area contributed by atoms with Gasteiger partial charge < -0.3 is 15.7 Å². The van der Waals surface area contributed by atoms with Crippen LogP contribution in [-0.2, 0) is 6.42 Å². The standard InChI is InChI=1S/C21H18F5N3O2S/c22-32(23,24,25,26)15-5-6-16(13-7-9-27-10-8-13)18(12-15)28-21(31)29-20-17-4-2-1-3-14(17)11-19(20)30/h1-10,12,19-20,30H,11H2,(H2,28,29,31)/t19-,20+/m0/s1. The summed E-state index contributed by atoms with van der Waals surface area (Å²) in [5.74, 6) is 0.